The van der Waals surface area contributed by atoms with Crippen molar-refractivity contribution >= 4 is 33.4 Å². The normalized spacial score (nSPS) is 15.1. The van der Waals surface area contributed by atoms with E-state index in [4.69, 9.17) is 0 Å². The first-order chi connectivity index (χ1) is 13.8. The summed E-state index contributed by atoms with van der Waals surface area (Å²) in [6.07, 6.45) is 0. The number of fused-ring (bicyclic) bond motifs is 3. The lowest BCUT2D eigenvalue weighted by atomic mass is 9.75. The lowest BCUT2D eigenvalue weighted by Crippen LogP contribution is -2.37. The molecule has 2 aromatic heterocycles. The average Bonchev–Trinajstić information content (AvgIpc) is 3.40. The van der Waals surface area contributed by atoms with E-state index in [0.717, 1.165) is 44.4 Å². The van der Waals surface area contributed by atoms with Gasteiger partial charge in [0.1, 0.15) is 0 Å². The van der Waals surface area contributed by atoms with E-state index in [1.807, 2.05) is 60.7 Å². The van der Waals surface area contributed by atoms with Crippen LogP contribution in [0.25, 0.3) is 21.8 Å². The van der Waals surface area contributed by atoms with Crippen molar-refractivity contribution in [3.63, 3.8) is 0 Å². The van der Waals surface area contributed by atoms with Crippen LogP contribution in [0.1, 0.15) is 17.0 Å². The summed E-state index contributed by atoms with van der Waals surface area (Å²) in [5, 5.41) is 5.27. The quantitative estimate of drug-likeness (QED) is 0.409. The summed E-state index contributed by atoms with van der Waals surface area (Å²) in [5.41, 5.74) is 4.62. The Balaban J connectivity index is 1.73. The van der Waals surface area contributed by atoms with Crippen molar-refractivity contribution in [3.8, 4) is 0 Å². The molecule has 3 heterocycles. The van der Waals surface area contributed by atoms with Gasteiger partial charge in [0.25, 0.3) is 0 Å². The van der Waals surface area contributed by atoms with Crippen LogP contribution in [-0.2, 0) is 10.2 Å². The van der Waals surface area contributed by atoms with Crippen LogP contribution in [0.2, 0.25) is 0 Å². The van der Waals surface area contributed by atoms with E-state index in [2.05, 4.69) is 39.6 Å². The zero-order chi connectivity index (χ0) is 18.7. The van der Waals surface area contributed by atoms with Crippen LogP contribution in [0.15, 0.2) is 84.9 Å². The van der Waals surface area contributed by atoms with E-state index >= 15 is 0 Å². The van der Waals surface area contributed by atoms with Crippen molar-refractivity contribution in [2.45, 2.75) is 5.41 Å². The van der Waals surface area contributed by atoms with E-state index in [1.54, 1.807) is 0 Å². The van der Waals surface area contributed by atoms with E-state index in [9.17, 15) is 4.79 Å². The predicted octanol–water partition coefficient (Wildman–Crippen LogP) is 4.94. The van der Waals surface area contributed by atoms with E-state index in [0.29, 0.717) is 0 Å². The number of nitrogens with one attached hydrogen (secondary N) is 3. The molecule has 0 aliphatic carbocycles. The predicted molar refractivity (Wildman–Crippen MR) is 112 cm³/mol. The number of amides is 1. The first kappa shape index (κ1) is 15.3. The largest absolute Gasteiger partial charge is 0.357 e. The molecule has 0 atom stereocenters. The molecule has 6 rings (SSSR count). The van der Waals surface area contributed by atoms with E-state index in [-0.39, 0.29) is 5.91 Å². The van der Waals surface area contributed by atoms with Crippen molar-refractivity contribution in [2.75, 3.05) is 5.32 Å². The second kappa shape index (κ2) is 5.36. The van der Waals surface area contributed by atoms with Gasteiger partial charge in [-0.05, 0) is 41.1 Å². The highest BCUT2D eigenvalue weighted by Crippen LogP contribution is 2.48. The van der Waals surface area contributed by atoms with Crippen molar-refractivity contribution in [3.05, 3.63) is 102 Å². The molecule has 3 N–H and O–H groups in total. The Bertz CT molecular complexity index is 1230. The van der Waals surface area contributed by atoms with Crippen LogP contribution in [0.3, 0.4) is 0 Å². The van der Waals surface area contributed by atoms with E-state index < -0.39 is 5.41 Å². The Hall–Kier alpha value is -3.79. The summed E-state index contributed by atoms with van der Waals surface area (Å²) < 4.78 is 0. The second-order valence-electron chi connectivity index (χ2n) is 7.29. The molecule has 0 bridgehead atoms. The zero-order valence-corrected chi connectivity index (χ0v) is 15.0. The fourth-order valence-electron chi connectivity index (χ4n) is 4.49. The Kier molecular flexibility index (Phi) is 2.93. The summed E-state index contributed by atoms with van der Waals surface area (Å²) in [6.45, 7) is 0. The zero-order valence-electron chi connectivity index (χ0n) is 15.0. The maximum atomic E-state index is 13.6. The number of aromatic nitrogens is 2. The Morgan fingerprint density at radius 1 is 0.643 bits per heavy atom. The maximum absolute atomic E-state index is 13.6. The van der Waals surface area contributed by atoms with Gasteiger partial charge in [0, 0.05) is 33.7 Å². The molecular formula is C24H17N3O. The first-order valence-electron chi connectivity index (χ1n) is 9.34. The van der Waals surface area contributed by atoms with Gasteiger partial charge in [-0.1, -0.05) is 54.6 Å². The average molecular weight is 363 g/mol. The number of hydrogen-bond donors (Lipinski definition) is 3. The molecule has 0 saturated heterocycles. The molecule has 28 heavy (non-hydrogen) atoms. The SMILES string of the molecule is O=C1Nc2ccccc2C1(c1cc2ccccc2[nH]1)c1cc2ccccc2[nH]1. The van der Waals surface area contributed by atoms with Crippen molar-refractivity contribution in [2.24, 2.45) is 0 Å². The number of para-hydroxylation sites is 3. The van der Waals surface area contributed by atoms with Gasteiger partial charge in [0.2, 0.25) is 5.91 Å². The van der Waals surface area contributed by atoms with Gasteiger partial charge in [-0.15, -0.1) is 0 Å². The molecule has 0 unspecified atom stereocenters. The van der Waals surface area contributed by atoms with Crippen LogP contribution in [0.5, 0.6) is 0 Å². The summed E-state index contributed by atoms with van der Waals surface area (Å²) in [7, 11) is 0. The van der Waals surface area contributed by atoms with Gasteiger partial charge in [0.15, 0.2) is 5.41 Å². The summed E-state index contributed by atoms with van der Waals surface area (Å²) >= 11 is 0. The molecule has 1 amide bonds. The molecular weight excluding hydrogens is 346 g/mol. The van der Waals surface area contributed by atoms with Crippen LogP contribution >= 0.6 is 0 Å². The first-order valence-corrected chi connectivity index (χ1v) is 9.34. The molecule has 0 fully saturated rings. The number of hydrogen-bond acceptors (Lipinski definition) is 1. The fraction of sp³-hybridized carbons (Fsp3) is 0.0417. The molecule has 3 aromatic carbocycles. The third-order valence-corrected chi connectivity index (χ3v) is 5.79. The minimum atomic E-state index is -0.950. The lowest BCUT2D eigenvalue weighted by molar-refractivity contribution is -0.118. The highest BCUT2D eigenvalue weighted by atomic mass is 16.2. The second-order valence-corrected chi connectivity index (χ2v) is 7.29. The van der Waals surface area contributed by atoms with Gasteiger partial charge in [-0.25, -0.2) is 0 Å². The molecule has 1 aliphatic heterocycles. The van der Waals surface area contributed by atoms with Crippen molar-refractivity contribution < 1.29 is 4.79 Å². The standard InChI is InChI=1S/C24H17N3O/c28-23-24(17-9-3-6-12-20(17)27-23,21-13-15-7-1-4-10-18(15)25-21)22-14-16-8-2-5-11-19(16)26-22/h1-14,25-26H,(H,27,28). The van der Waals surface area contributed by atoms with Crippen LogP contribution in [0.4, 0.5) is 5.69 Å². The van der Waals surface area contributed by atoms with Gasteiger partial charge < -0.3 is 15.3 Å². The molecule has 0 saturated carbocycles. The third kappa shape index (κ3) is 1.86. The number of benzene rings is 3. The number of carbonyl (C=O) groups excluding carboxylic acids is 1. The van der Waals surface area contributed by atoms with Crippen molar-refractivity contribution in [1.82, 2.24) is 9.97 Å². The highest BCUT2D eigenvalue weighted by Gasteiger charge is 2.51. The topological polar surface area (TPSA) is 60.7 Å². The Labute approximate surface area is 161 Å². The molecule has 1 aliphatic rings. The van der Waals surface area contributed by atoms with Gasteiger partial charge >= 0.3 is 0 Å². The summed E-state index contributed by atoms with van der Waals surface area (Å²) in [4.78, 5) is 20.6. The number of anilines is 1. The van der Waals surface area contributed by atoms with Crippen LogP contribution in [-0.4, -0.2) is 15.9 Å². The number of carbonyl (C=O) groups is 1. The molecule has 0 radical (unpaired) electrons. The van der Waals surface area contributed by atoms with E-state index in [1.165, 1.54) is 0 Å². The number of H-pyrrole nitrogens is 2. The van der Waals surface area contributed by atoms with Gasteiger partial charge in [-0.3, -0.25) is 4.79 Å². The molecule has 0 spiro atoms. The summed E-state index contributed by atoms with van der Waals surface area (Å²) in [5.74, 6) is -0.0492. The number of rotatable bonds is 2. The fourth-order valence-corrected chi connectivity index (χ4v) is 4.49. The monoisotopic (exact) mass is 363 g/mol. The Morgan fingerprint density at radius 2 is 1.18 bits per heavy atom. The van der Waals surface area contributed by atoms with Crippen LogP contribution < -0.4 is 5.32 Å². The lowest BCUT2D eigenvalue weighted by Gasteiger charge is -2.25. The molecule has 134 valence electrons. The third-order valence-electron chi connectivity index (χ3n) is 5.79. The smallest absolute Gasteiger partial charge is 0.247 e. The summed E-state index contributed by atoms with van der Waals surface area (Å²) in [6, 6.07) is 28.3. The molecule has 4 nitrogen and oxygen atoms in total. The van der Waals surface area contributed by atoms with Gasteiger partial charge in [-0.2, -0.15) is 0 Å². The minimum Gasteiger partial charge on any atom is -0.357 e. The molecule has 4 heteroatoms. The molecule has 5 aromatic rings. The maximum Gasteiger partial charge on any atom is 0.247 e. The van der Waals surface area contributed by atoms with Gasteiger partial charge in [0.05, 0.1) is 0 Å². The Morgan fingerprint density at radius 3 is 1.79 bits per heavy atom. The minimum absolute atomic E-state index is 0.0492. The van der Waals surface area contributed by atoms with Crippen LogP contribution in [0, 0.1) is 0 Å². The van der Waals surface area contributed by atoms with Crippen molar-refractivity contribution in [1.29, 1.82) is 0 Å². The highest BCUT2D eigenvalue weighted by molar-refractivity contribution is 6.12. The number of aromatic amines is 2.